The third-order valence-corrected chi connectivity index (χ3v) is 15.1. The summed E-state index contributed by atoms with van der Waals surface area (Å²) in [6, 6.07) is 0. The second-order valence-electron chi connectivity index (χ2n) is 19.0. The topological polar surface area (TPSA) is 150 Å². The quantitative estimate of drug-likeness (QED) is 0.306. The van der Waals surface area contributed by atoms with Crippen LogP contribution in [0.5, 0.6) is 0 Å². The summed E-state index contributed by atoms with van der Waals surface area (Å²) in [5, 5.41) is 10.2. The zero-order valence-electron chi connectivity index (χ0n) is 31.6. The monoisotopic (exact) mass is 696 g/mol. The Hall–Kier alpha value is -3.17. The fraction of sp³-hybridized carbons (Fsp3) is 0.775. The number of fused-ring (bicyclic) bond motifs is 7. The molecule has 0 bridgehead atoms. The fourth-order valence-corrected chi connectivity index (χ4v) is 12.0. The van der Waals surface area contributed by atoms with Crippen LogP contribution in [0.3, 0.4) is 0 Å². The summed E-state index contributed by atoms with van der Waals surface area (Å²) in [7, 11) is 0. The van der Waals surface area contributed by atoms with Crippen LogP contribution in [0, 0.1) is 50.2 Å². The van der Waals surface area contributed by atoms with E-state index in [-0.39, 0.29) is 40.8 Å². The van der Waals surface area contributed by atoms with Crippen LogP contribution >= 0.6 is 0 Å². The Morgan fingerprint density at radius 3 is 2.20 bits per heavy atom. The zero-order valence-corrected chi connectivity index (χ0v) is 31.6. The van der Waals surface area contributed by atoms with Crippen molar-refractivity contribution in [3.8, 4) is 0 Å². The second-order valence-corrected chi connectivity index (χ2v) is 19.0. The molecule has 10 heteroatoms. The Bertz CT molecular complexity index is 1710. The molecule has 0 aromatic carbocycles. The lowest BCUT2D eigenvalue weighted by Crippen LogP contribution is -2.68. The van der Waals surface area contributed by atoms with E-state index in [4.69, 9.17) is 18.3 Å². The molecule has 0 aliphatic heterocycles. The van der Waals surface area contributed by atoms with Crippen molar-refractivity contribution in [2.45, 2.75) is 145 Å². The Morgan fingerprint density at radius 2 is 1.58 bits per heavy atom. The highest BCUT2D eigenvalue weighted by molar-refractivity contribution is 5.96. The molecule has 0 unspecified atom stereocenters. The van der Waals surface area contributed by atoms with Gasteiger partial charge in [-0.3, -0.25) is 19.2 Å². The maximum atomic E-state index is 14.8. The van der Waals surface area contributed by atoms with Crippen LogP contribution in [0.25, 0.3) is 0 Å². The van der Waals surface area contributed by atoms with Gasteiger partial charge in [-0.15, -0.1) is 0 Å². The van der Waals surface area contributed by atoms with E-state index in [0.717, 1.165) is 24.8 Å². The summed E-state index contributed by atoms with van der Waals surface area (Å²) >= 11 is 0. The van der Waals surface area contributed by atoms with Gasteiger partial charge < -0.3 is 23.4 Å². The van der Waals surface area contributed by atoms with Crippen LogP contribution in [-0.2, 0) is 40.7 Å². The molecule has 0 spiro atoms. The van der Waals surface area contributed by atoms with E-state index in [2.05, 4.69) is 27.7 Å². The Kier molecular flexibility index (Phi) is 8.36. The summed E-state index contributed by atoms with van der Waals surface area (Å²) in [4.78, 5) is 66.2. The van der Waals surface area contributed by atoms with Crippen molar-refractivity contribution in [1.29, 1.82) is 0 Å². The normalized spacial score (nSPS) is 42.6. The van der Waals surface area contributed by atoms with E-state index >= 15 is 0 Å². The van der Waals surface area contributed by atoms with Gasteiger partial charge >= 0.3 is 23.7 Å². The molecule has 5 aliphatic carbocycles. The Morgan fingerprint density at radius 1 is 0.920 bits per heavy atom. The summed E-state index contributed by atoms with van der Waals surface area (Å²) in [6.45, 7) is 19.3. The fourth-order valence-electron chi connectivity index (χ4n) is 12.0. The summed E-state index contributed by atoms with van der Waals surface area (Å²) < 4.78 is 22.4. The van der Waals surface area contributed by atoms with Gasteiger partial charge in [-0.25, -0.2) is 4.79 Å². The average Bonchev–Trinajstić information content (AvgIpc) is 3.40. The lowest BCUT2D eigenvalue weighted by Gasteiger charge is -2.70. The standard InChI is InChI=1S/C40H56O10/c1-22(41)48-28-12-13-37(7)27(40(28,10)32(45)47-21-26-30(34(2,3)4)50-33(46)49-26)11-14-39(9)29(37)25(42)19-23-24-20-36(6,31(43)44)16-15-35(24,5)17-18-38(23,39)8/h19,24,27-29H,11-18,20-21H2,1-10H3,(H,43,44)/t24-,27+,28-,29+,35+,36-,37-,38+,39+,40-/m0/s1. The van der Waals surface area contributed by atoms with Crippen LogP contribution in [-0.4, -0.2) is 34.9 Å². The molecule has 4 saturated carbocycles. The maximum absolute atomic E-state index is 14.8. The molecule has 4 fully saturated rings. The molecule has 1 aromatic heterocycles. The molecule has 6 rings (SSSR count). The predicted molar refractivity (Wildman–Crippen MR) is 183 cm³/mol. The highest BCUT2D eigenvalue weighted by atomic mass is 16.6. The van der Waals surface area contributed by atoms with Gasteiger partial charge in [0.1, 0.15) is 11.5 Å². The molecule has 50 heavy (non-hydrogen) atoms. The number of hydrogen-bond acceptors (Lipinski definition) is 9. The number of ether oxygens (including phenoxy) is 2. The number of carboxylic acids is 1. The smallest absolute Gasteiger partial charge is 0.481 e. The Labute approximate surface area is 295 Å². The molecule has 10 nitrogen and oxygen atoms in total. The molecule has 0 saturated heterocycles. The van der Waals surface area contributed by atoms with Crippen LogP contribution in [0.2, 0.25) is 0 Å². The molecule has 10 atom stereocenters. The summed E-state index contributed by atoms with van der Waals surface area (Å²) in [5.74, 6) is -2.96. The lowest BCUT2D eigenvalue weighted by atomic mass is 9.33. The third-order valence-electron chi connectivity index (χ3n) is 15.1. The minimum Gasteiger partial charge on any atom is -0.481 e. The first kappa shape index (κ1) is 36.6. The maximum Gasteiger partial charge on any atom is 0.519 e. The molecule has 1 heterocycles. The van der Waals surface area contributed by atoms with Crippen LogP contribution < -0.4 is 5.82 Å². The second kappa shape index (κ2) is 11.4. The molecule has 1 aromatic rings. The van der Waals surface area contributed by atoms with E-state index in [1.807, 2.05) is 33.8 Å². The van der Waals surface area contributed by atoms with E-state index in [9.17, 15) is 29.1 Å². The summed E-state index contributed by atoms with van der Waals surface area (Å²) in [5.41, 5.74) is -3.01. The van der Waals surface area contributed by atoms with E-state index in [1.165, 1.54) is 6.92 Å². The number of aliphatic carboxylic acids is 1. The average molecular weight is 697 g/mol. The van der Waals surface area contributed by atoms with Crippen molar-refractivity contribution in [3.63, 3.8) is 0 Å². The van der Waals surface area contributed by atoms with Crippen LogP contribution in [0.1, 0.15) is 139 Å². The van der Waals surface area contributed by atoms with Crippen LogP contribution in [0.4, 0.5) is 0 Å². The van der Waals surface area contributed by atoms with E-state index in [0.29, 0.717) is 44.3 Å². The molecule has 0 amide bonds. The van der Waals surface area contributed by atoms with E-state index in [1.54, 1.807) is 6.92 Å². The van der Waals surface area contributed by atoms with Gasteiger partial charge in [0.05, 0.1) is 5.41 Å². The first-order valence-corrected chi connectivity index (χ1v) is 18.4. The Balaban J connectivity index is 1.39. The lowest BCUT2D eigenvalue weighted by molar-refractivity contribution is -0.224. The van der Waals surface area contributed by atoms with Crippen molar-refractivity contribution in [3.05, 3.63) is 33.8 Å². The first-order valence-electron chi connectivity index (χ1n) is 18.4. The molecular formula is C40H56O10. The number of ketones is 1. The predicted octanol–water partition coefficient (Wildman–Crippen LogP) is 7.55. The number of allylic oxidation sites excluding steroid dienone is 2. The number of carboxylic acid groups (broad SMARTS) is 1. The van der Waals surface area contributed by atoms with Gasteiger partial charge in [0.15, 0.2) is 23.9 Å². The molecule has 0 radical (unpaired) electrons. The number of esters is 2. The third kappa shape index (κ3) is 5.11. The highest BCUT2D eigenvalue weighted by Crippen LogP contribution is 2.75. The number of carbonyl (C=O) groups is 4. The van der Waals surface area contributed by atoms with Crippen molar-refractivity contribution in [2.24, 2.45) is 50.2 Å². The number of hydrogen-bond donors (Lipinski definition) is 1. The minimum absolute atomic E-state index is 0.00395. The number of carbonyl (C=O) groups excluding carboxylic acids is 3. The SMILES string of the molecule is CC(=O)O[C@H]1CC[C@@]2(C)[C@@H](CC[C@]3(C)[C@@H]2C(=O)C=C2[C@@H]4C[C@@](C)(C(=O)O)CC[C@]4(C)CC[C@]23C)[C@]1(C)C(=O)OCc1oc(=O)oc1C(C)(C)C. The van der Waals surface area contributed by atoms with Crippen molar-refractivity contribution in [1.82, 2.24) is 0 Å². The van der Waals surface area contributed by atoms with Gasteiger partial charge in [-0.1, -0.05) is 54.0 Å². The number of rotatable bonds is 5. The molecule has 276 valence electrons. The first-order chi connectivity index (χ1) is 23.0. The van der Waals surface area contributed by atoms with Crippen LogP contribution in [0.15, 0.2) is 25.3 Å². The molecule has 5 aliphatic rings. The van der Waals surface area contributed by atoms with Gasteiger partial charge in [0.25, 0.3) is 0 Å². The van der Waals surface area contributed by atoms with Gasteiger partial charge in [0, 0.05) is 18.3 Å². The molecular weight excluding hydrogens is 640 g/mol. The summed E-state index contributed by atoms with van der Waals surface area (Å²) in [6.07, 6.45) is 7.26. The minimum atomic E-state index is -1.28. The zero-order chi connectivity index (χ0) is 37.0. The highest BCUT2D eigenvalue weighted by Gasteiger charge is 2.72. The van der Waals surface area contributed by atoms with Crippen molar-refractivity contribution < 1.29 is 42.6 Å². The van der Waals surface area contributed by atoms with E-state index < -0.39 is 62.8 Å². The van der Waals surface area contributed by atoms with Crippen molar-refractivity contribution >= 4 is 23.7 Å². The largest absolute Gasteiger partial charge is 0.519 e. The van der Waals surface area contributed by atoms with Gasteiger partial charge in [-0.05, 0) is 111 Å². The molecule has 1 N–H and O–H groups in total. The van der Waals surface area contributed by atoms with Crippen molar-refractivity contribution in [2.75, 3.05) is 0 Å². The van der Waals surface area contributed by atoms with Gasteiger partial charge in [0.2, 0.25) is 0 Å². The van der Waals surface area contributed by atoms with Gasteiger partial charge in [-0.2, -0.15) is 0 Å².